The van der Waals surface area contributed by atoms with Gasteiger partial charge in [-0.3, -0.25) is 0 Å². The average molecular weight is 402 g/mol. The molecule has 0 radical (unpaired) electrons. The van der Waals surface area contributed by atoms with Gasteiger partial charge in [-0.1, -0.05) is 11.6 Å². The molecular weight excluding hydrogens is 378 g/mol. The zero-order valence-electron chi connectivity index (χ0n) is 17.5. The highest BCUT2D eigenvalue weighted by Crippen LogP contribution is 2.26. The average Bonchev–Trinajstić information content (AvgIpc) is 2.79. The second kappa shape index (κ2) is 8.33. The van der Waals surface area contributed by atoms with Crippen molar-refractivity contribution in [3.63, 3.8) is 0 Å². The quantitative estimate of drug-likeness (QED) is 0.553. The maximum Gasteiger partial charge on any atom is 0.250 e. The SMILES string of the molecule is COc1ccc(-c2cc(=[NH+]c3cc(OC)ccc3OC)c3cc(C)ccc3o2)cc1. The Balaban J connectivity index is 1.98. The molecule has 3 aromatic carbocycles. The number of hydrogen-bond acceptors (Lipinski definition) is 4. The van der Waals surface area contributed by atoms with E-state index in [4.69, 9.17) is 18.6 Å². The summed E-state index contributed by atoms with van der Waals surface area (Å²) in [5, 5.41) is 1.90. The molecule has 0 amide bonds. The van der Waals surface area contributed by atoms with Gasteiger partial charge in [0.1, 0.15) is 22.8 Å². The van der Waals surface area contributed by atoms with E-state index in [1.807, 2.05) is 60.7 Å². The van der Waals surface area contributed by atoms with Crippen molar-refractivity contribution < 1.29 is 23.6 Å². The molecule has 1 N–H and O–H groups in total. The molecule has 0 unspecified atom stereocenters. The van der Waals surface area contributed by atoms with Crippen molar-refractivity contribution >= 4 is 16.7 Å². The van der Waals surface area contributed by atoms with Crippen LogP contribution in [0.2, 0.25) is 0 Å². The summed E-state index contributed by atoms with van der Waals surface area (Å²) >= 11 is 0. The van der Waals surface area contributed by atoms with Crippen molar-refractivity contribution in [3.05, 3.63) is 77.7 Å². The summed E-state index contributed by atoms with van der Waals surface area (Å²) < 4.78 is 22.4. The van der Waals surface area contributed by atoms with E-state index in [-0.39, 0.29) is 0 Å². The first-order valence-corrected chi connectivity index (χ1v) is 9.62. The van der Waals surface area contributed by atoms with Gasteiger partial charge in [-0.25, -0.2) is 4.99 Å². The normalized spacial score (nSPS) is 11.5. The Morgan fingerprint density at radius 2 is 1.47 bits per heavy atom. The summed E-state index contributed by atoms with van der Waals surface area (Å²) in [4.78, 5) is 3.51. The Morgan fingerprint density at radius 3 is 2.17 bits per heavy atom. The standard InChI is InChI=1S/C25H23NO4/c1-16-5-11-23-20(13-16)21(26-22-14-19(28-3)10-12-24(22)29-4)15-25(30-23)17-6-8-18(27-2)9-7-17/h5-15H,1-4H3/p+1. The Morgan fingerprint density at radius 1 is 0.733 bits per heavy atom. The van der Waals surface area contributed by atoms with Gasteiger partial charge in [0.15, 0.2) is 5.75 Å². The van der Waals surface area contributed by atoms with Gasteiger partial charge < -0.3 is 18.6 Å². The summed E-state index contributed by atoms with van der Waals surface area (Å²) in [5.41, 5.74) is 3.71. The number of rotatable bonds is 5. The summed E-state index contributed by atoms with van der Waals surface area (Å²) in [6.07, 6.45) is 0. The van der Waals surface area contributed by atoms with E-state index in [9.17, 15) is 0 Å². The summed E-state index contributed by atoms with van der Waals surface area (Å²) in [6, 6.07) is 21.6. The molecule has 152 valence electrons. The molecule has 0 aliphatic carbocycles. The lowest BCUT2D eigenvalue weighted by molar-refractivity contribution is -0.401. The Labute approximate surface area is 175 Å². The number of ether oxygens (including phenoxy) is 3. The molecule has 1 aromatic heterocycles. The van der Waals surface area contributed by atoms with Gasteiger partial charge in [-0.05, 0) is 55.5 Å². The molecule has 0 aliphatic rings. The van der Waals surface area contributed by atoms with E-state index in [1.165, 1.54) is 0 Å². The monoisotopic (exact) mass is 402 g/mol. The number of benzene rings is 3. The van der Waals surface area contributed by atoms with Crippen molar-refractivity contribution in [2.24, 2.45) is 0 Å². The lowest BCUT2D eigenvalue weighted by Gasteiger charge is -2.06. The number of fused-ring (bicyclic) bond motifs is 1. The molecule has 0 saturated heterocycles. The maximum absolute atomic E-state index is 6.22. The van der Waals surface area contributed by atoms with Crippen LogP contribution in [0.3, 0.4) is 0 Å². The molecule has 0 spiro atoms. The van der Waals surface area contributed by atoms with Crippen LogP contribution in [0.4, 0.5) is 5.69 Å². The number of nitrogens with one attached hydrogen (secondary N) is 1. The van der Waals surface area contributed by atoms with Crippen LogP contribution in [0, 0.1) is 6.92 Å². The fraction of sp³-hybridized carbons (Fsp3) is 0.160. The Kier molecular flexibility index (Phi) is 5.44. The van der Waals surface area contributed by atoms with Crippen LogP contribution in [-0.2, 0) is 0 Å². The molecular formula is C25H24NO4+. The van der Waals surface area contributed by atoms with E-state index >= 15 is 0 Å². The van der Waals surface area contributed by atoms with Gasteiger partial charge in [-0.2, -0.15) is 0 Å². The first-order valence-electron chi connectivity index (χ1n) is 9.62. The third kappa shape index (κ3) is 3.87. The van der Waals surface area contributed by atoms with E-state index in [0.717, 1.165) is 56.1 Å². The predicted octanol–water partition coefficient (Wildman–Crippen LogP) is 3.75. The largest absolute Gasteiger partial charge is 0.497 e. The predicted molar refractivity (Wildman–Crippen MR) is 116 cm³/mol. The molecule has 0 atom stereocenters. The van der Waals surface area contributed by atoms with E-state index in [0.29, 0.717) is 0 Å². The highest BCUT2D eigenvalue weighted by molar-refractivity contribution is 5.79. The second-order valence-electron chi connectivity index (χ2n) is 6.94. The lowest BCUT2D eigenvalue weighted by atomic mass is 10.1. The minimum atomic E-state index is 0.725. The molecule has 4 aromatic rings. The molecule has 30 heavy (non-hydrogen) atoms. The molecule has 0 aliphatic heterocycles. The summed E-state index contributed by atoms with van der Waals surface area (Å²) in [5.74, 6) is 3.02. The van der Waals surface area contributed by atoms with Crippen molar-refractivity contribution in [3.8, 4) is 28.6 Å². The molecule has 4 rings (SSSR count). The topological polar surface area (TPSA) is 54.8 Å². The van der Waals surface area contributed by atoms with Gasteiger partial charge in [-0.15, -0.1) is 0 Å². The van der Waals surface area contributed by atoms with Crippen LogP contribution >= 0.6 is 0 Å². The Hall–Kier alpha value is -3.73. The molecule has 5 nitrogen and oxygen atoms in total. The van der Waals surface area contributed by atoms with Gasteiger partial charge in [0.25, 0.3) is 0 Å². The van der Waals surface area contributed by atoms with Crippen molar-refractivity contribution in [1.29, 1.82) is 0 Å². The molecule has 5 heteroatoms. The minimum absolute atomic E-state index is 0.725. The van der Waals surface area contributed by atoms with E-state index in [2.05, 4.69) is 18.0 Å². The molecule has 0 saturated carbocycles. The highest BCUT2D eigenvalue weighted by atomic mass is 16.5. The highest BCUT2D eigenvalue weighted by Gasteiger charge is 2.13. The van der Waals surface area contributed by atoms with Gasteiger partial charge in [0.2, 0.25) is 11.0 Å². The van der Waals surface area contributed by atoms with Crippen molar-refractivity contribution in [2.45, 2.75) is 6.92 Å². The van der Waals surface area contributed by atoms with Crippen molar-refractivity contribution in [2.75, 3.05) is 21.3 Å². The van der Waals surface area contributed by atoms with Crippen LogP contribution in [0.25, 0.3) is 22.3 Å². The number of methoxy groups -OCH3 is 3. The first kappa shape index (κ1) is 19.6. The van der Waals surface area contributed by atoms with Crippen LogP contribution < -0.4 is 24.6 Å². The fourth-order valence-corrected chi connectivity index (χ4v) is 3.36. The van der Waals surface area contributed by atoms with Gasteiger partial charge in [0, 0.05) is 5.56 Å². The number of hydrogen-bond donors (Lipinski definition) is 1. The van der Waals surface area contributed by atoms with Gasteiger partial charge in [0.05, 0.1) is 38.8 Å². The van der Waals surface area contributed by atoms with Crippen LogP contribution in [-0.4, -0.2) is 21.3 Å². The van der Waals surface area contributed by atoms with E-state index < -0.39 is 0 Å². The van der Waals surface area contributed by atoms with Crippen LogP contribution in [0.5, 0.6) is 17.2 Å². The summed E-state index contributed by atoms with van der Waals surface area (Å²) in [6.45, 7) is 2.06. The third-order valence-corrected chi connectivity index (χ3v) is 4.97. The third-order valence-electron chi connectivity index (χ3n) is 4.97. The zero-order chi connectivity index (χ0) is 21.1. The second-order valence-corrected chi connectivity index (χ2v) is 6.94. The smallest absolute Gasteiger partial charge is 0.250 e. The number of aryl methyl sites for hydroxylation is 1. The Bertz CT molecular complexity index is 1260. The minimum Gasteiger partial charge on any atom is -0.497 e. The van der Waals surface area contributed by atoms with Crippen molar-refractivity contribution in [1.82, 2.24) is 0 Å². The lowest BCUT2D eigenvalue weighted by Crippen LogP contribution is -2.70. The van der Waals surface area contributed by atoms with Crippen LogP contribution in [0.15, 0.2) is 71.1 Å². The molecule has 0 bridgehead atoms. The zero-order valence-corrected chi connectivity index (χ0v) is 17.5. The molecule has 1 heterocycles. The summed E-state index contributed by atoms with van der Waals surface area (Å²) in [7, 11) is 4.95. The molecule has 0 fully saturated rings. The first-order chi connectivity index (χ1) is 14.6. The maximum atomic E-state index is 6.22. The fourth-order valence-electron chi connectivity index (χ4n) is 3.36. The van der Waals surface area contributed by atoms with Gasteiger partial charge >= 0.3 is 0 Å². The van der Waals surface area contributed by atoms with Crippen LogP contribution in [0.1, 0.15) is 5.56 Å². The van der Waals surface area contributed by atoms with E-state index in [1.54, 1.807) is 21.3 Å².